The van der Waals surface area contributed by atoms with Crippen molar-refractivity contribution < 1.29 is 24.4 Å². The molecule has 26 heavy (non-hydrogen) atoms. The number of hydrogen-bond donors (Lipinski definition) is 2. The lowest BCUT2D eigenvalue weighted by Gasteiger charge is -2.13. The number of nitrogens with one attached hydrogen (secondary N) is 1. The number of thioether (sulfide) groups is 1. The van der Waals surface area contributed by atoms with Crippen molar-refractivity contribution in [3.63, 3.8) is 0 Å². The van der Waals surface area contributed by atoms with Gasteiger partial charge in [-0.05, 0) is 35.4 Å². The Morgan fingerprint density at radius 2 is 2.12 bits per heavy atom. The van der Waals surface area contributed by atoms with Crippen LogP contribution in [0.15, 0.2) is 23.1 Å². The molecule has 1 aromatic carbocycles. The molecule has 1 aliphatic heterocycles. The highest BCUT2D eigenvalue weighted by Crippen LogP contribution is 2.33. The van der Waals surface area contributed by atoms with Crippen molar-refractivity contribution in [2.45, 2.75) is 13.8 Å². The fraction of sp³-hybridized carbons (Fsp3) is 0.312. The van der Waals surface area contributed by atoms with Gasteiger partial charge in [0.1, 0.15) is 6.54 Å². The first-order valence-electron chi connectivity index (χ1n) is 7.68. The van der Waals surface area contributed by atoms with Crippen LogP contribution in [-0.2, 0) is 9.59 Å². The van der Waals surface area contributed by atoms with Crippen molar-refractivity contribution in [3.05, 3.63) is 38.8 Å². The Bertz CT molecular complexity index is 805. The minimum Gasteiger partial charge on any atom is -0.502 e. The van der Waals surface area contributed by atoms with Gasteiger partial charge in [-0.3, -0.25) is 29.4 Å². The maximum Gasteiger partial charge on any atom is 0.311 e. The molecule has 0 saturated carbocycles. The van der Waals surface area contributed by atoms with E-state index in [4.69, 9.17) is 0 Å². The van der Waals surface area contributed by atoms with E-state index in [0.29, 0.717) is 18.3 Å². The van der Waals surface area contributed by atoms with Crippen LogP contribution in [0.25, 0.3) is 6.08 Å². The largest absolute Gasteiger partial charge is 0.502 e. The maximum atomic E-state index is 12.3. The molecule has 138 valence electrons. The highest BCUT2D eigenvalue weighted by atomic mass is 32.2. The normalized spacial score (nSPS) is 15.8. The molecule has 1 fully saturated rings. The Labute approximate surface area is 153 Å². The van der Waals surface area contributed by atoms with Crippen molar-refractivity contribution in [1.29, 1.82) is 0 Å². The molecule has 0 unspecified atom stereocenters. The zero-order valence-electron chi connectivity index (χ0n) is 14.1. The van der Waals surface area contributed by atoms with Crippen LogP contribution >= 0.6 is 11.8 Å². The Morgan fingerprint density at radius 1 is 1.42 bits per heavy atom. The first-order valence-corrected chi connectivity index (χ1v) is 8.50. The lowest BCUT2D eigenvalue weighted by molar-refractivity contribution is -0.385. The Balaban J connectivity index is 2.15. The molecule has 1 saturated heterocycles. The summed E-state index contributed by atoms with van der Waals surface area (Å²) in [5.41, 5.74) is -0.227. The number of hydrogen-bond acceptors (Lipinski definition) is 7. The smallest absolute Gasteiger partial charge is 0.311 e. The number of aromatic hydroxyl groups is 1. The minimum absolute atomic E-state index is 0.0478. The van der Waals surface area contributed by atoms with Crippen molar-refractivity contribution >= 4 is 40.6 Å². The van der Waals surface area contributed by atoms with Gasteiger partial charge in [-0.25, -0.2) is 0 Å². The third-order valence-electron chi connectivity index (χ3n) is 3.38. The van der Waals surface area contributed by atoms with Gasteiger partial charge in [0.25, 0.3) is 11.1 Å². The van der Waals surface area contributed by atoms with Crippen LogP contribution < -0.4 is 5.32 Å². The van der Waals surface area contributed by atoms with E-state index in [9.17, 15) is 29.6 Å². The van der Waals surface area contributed by atoms with E-state index in [1.165, 1.54) is 12.1 Å². The average Bonchev–Trinajstić information content (AvgIpc) is 2.82. The quantitative estimate of drug-likeness (QED) is 0.440. The van der Waals surface area contributed by atoms with Crippen molar-refractivity contribution in [3.8, 4) is 5.75 Å². The van der Waals surface area contributed by atoms with Crippen LogP contribution in [0, 0.1) is 16.0 Å². The Morgan fingerprint density at radius 3 is 2.73 bits per heavy atom. The molecule has 1 aliphatic rings. The summed E-state index contributed by atoms with van der Waals surface area (Å²) in [6, 6.07) is 3.61. The molecule has 1 heterocycles. The average molecular weight is 379 g/mol. The van der Waals surface area contributed by atoms with Crippen molar-refractivity contribution in [2.24, 2.45) is 5.92 Å². The summed E-state index contributed by atoms with van der Waals surface area (Å²) >= 11 is 0.648. The van der Waals surface area contributed by atoms with Gasteiger partial charge < -0.3 is 10.4 Å². The van der Waals surface area contributed by atoms with Gasteiger partial charge >= 0.3 is 5.69 Å². The number of nitro benzene ring substituents is 1. The zero-order chi connectivity index (χ0) is 19.4. The second-order valence-electron chi connectivity index (χ2n) is 5.97. The number of phenols is 1. The molecule has 2 rings (SSSR count). The van der Waals surface area contributed by atoms with Crippen LogP contribution in [0.2, 0.25) is 0 Å². The lowest BCUT2D eigenvalue weighted by Crippen LogP contribution is -2.40. The number of imide groups is 1. The predicted molar refractivity (Wildman–Crippen MR) is 95.3 cm³/mol. The fourth-order valence-electron chi connectivity index (χ4n) is 2.08. The van der Waals surface area contributed by atoms with Gasteiger partial charge in [0.05, 0.1) is 9.83 Å². The number of rotatable bonds is 6. The SMILES string of the molecule is CC(C)CNC(=O)CN1C(=O)S/C(=C\c2ccc(O)c([N+](=O)[O-])c2)C1=O. The molecule has 0 spiro atoms. The molecule has 0 atom stereocenters. The highest BCUT2D eigenvalue weighted by Gasteiger charge is 2.36. The molecule has 2 N–H and O–H groups in total. The van der Waals surface area contributed by atoms with E-state index in [1.807, 2.05) is 13.8 Å². The van der Waals surface area contributed by atoms with E-state index < -0.39 is 33.4 Å². The summed E-state index contributed by atoms with van der Waals surface area (Å²) in [7, 11) is 0. The van der Waals surface area contributed by atoms with Gasteiger partial charge in [-0.15, -0.1) is 0 Å². The third-order valence-corrected chi connectivity index (χ3v) is 4.28. The molecular weight excluding hydrogens is 362 g/mol. The van der Waals surface area contributed by atoms with E-state index in [-0.39, 0.29) is 22.9 Å². The van der Waals surface area contributed by atoms with Gasteiger partial charge in [0.15, 0.2) is 5.75 Å². The first-order chi connectivity index (χ1) is 12.2. The van der Waals surface area contributed by atoms with Crippen molar-refractivity contribution in [1.82, 2.24) is 10.2 Å². The molecular formula is C16H17N3O6S. The number of amides is 3. The number of nitrogens with zero attached hydrogens (tertiary/aromatic N) is 2. The molecule has 0 bridgehead atoms. The van der Waals surface area contributed by atoms with E-state index in [1.54, 1.807) is 0 Å². The van der Waals surface area contributed by atoms with E-state index in [2.05, 4.69) is 5.32 Å². The molecule has 0 aliphatic carbocycles. The number of benzene rings is 1. The summed E-state index contributed by atoms with van der Waals surface area (Å²) in [6.07, 6.45) is 1.31. The number of phenolic OH excluding ortho intramolecular Hbond substituents is 1. The Kier molecular flexibility index (Phi) is 5.98. The fourth-order valence-corrected chi connectivity index (χ4v) is 2.92. The third kappa shape index (κ3) is 4.60. The van der Waals surface area contributed by atoms with Gasteiger partial charge in [0.2, 0.25) is 5.91 Å². The van der Waals surface area contributed by atoms with Gasteiger partial charge in [0, 0.05) is 12.6 Å². The topological polar surface area (TPSA) is 130 Å². The van der Waals surface area contributed by atoms with Crippen LogP contribution in [0.1, 0.15) is 19.4 Å². The second kappa shape index (κ2) is 8.00. The van der Waals surface area contributed by atoms with Gasteiger partial charge in [-0.1, -0.05) is 19.9 Å². The first kappa shape index (κ1) is 19.4. The predicted octanol–water partition coefficient (Wildman–Crippen LogP) is 2.11. The zero-order valence-corrected chi connectivity index (χ0v) is 14.9. The van der Waals surface area contributed by atoms with E-state index >= 15 is 0 Å². The van der Waals surface area contributed by atoms with Crippen LogP contribution in [-0.4, -0.2) is 45.1 Å². The summed E-state index contributed by atoms with van der Waals surface area (Å²) < 4.78 is 0. The molecule has 1 aromatic rings. The molecule has 10 heteroatoms. The monoisotopic (exact) mass is 379 g/mol. The van der Waals surface area contributed by atoms with Crippen LogP contribution in [0.3, 0.4) is 0 Å². The number of nitro groups is 1. The molecule has 9 nitrogen and oxygen atoms in total. The second-order valence-corrected chi connectivity index (χ2v) is 6.96. The van der Waals surface area contributed by atoms with E-state index in [0.717, 1.165) is 17.0 Å². The minimum atomic E-state index is -0.753. The van der Waals surface area contributed by atoms with Crippen LogP contribution in [0.4, 0.5) is 10.5 Å². The molecule has 0 aromatic heterocycles. The lowest BCUT2D eigenvalue weighted by atomic mass is 10.1. The highest BCUT2D eigenvalue weighted by molar-refractivity contribution is 8.18. The maximum absolute atomic E-state index is 12.3. The summed E-state index contributed by atoms with van der Waals surface area (Å²) in [5, 5.41) is 22.3. The Hall–Kier alpha value is -2.88. The van der Waals surface area contributed by atoms with Crippen molar-refractivity contribution in [2.75, 3.05) is 13.1 Å². The number of carbonyl (C=O) groups is 3. The van der Waals surface area contributed by atoms with Crippen LogP contribution in [0.5, 0.6) is 5.75 Å². The summed E-state index contributed by atoms with van der Waals surface area (Å²) in [4.78, 5) is 47.1. The summed E-state index contributed by atoms with van der Waals surface area (Å²) in [5.74, 6) is -1.35. The molecule has 0 radical (unpaired) electrons. The molecule has 3 amide bonds. The summed E-state index contributed by atoms with van der Waals surface area (Å²) in [6.45, 7) is 3.88. The van der Waals surface area contributed by atoms with Gasteiger partial charge in [-0.2, -0.15) is 0 Å². The standard InChI is InChI=1S/C16H17N3O6S/c1-9(2)7-17-14(21)8-18-15(22)13(26-16(18)23)6-10-3-4-12(20)11(5-10)19(24)25/h3-6,9,20H,7-8H2,1-2H3,(H,17,21)/b13-6-. The number of carbonyl (C=O) groups excluding carboxylic acids is 3.